The first-order valence-corrected chi connectivity index (χ1v) is 12.3. The van der Waals surface area contributed by atoms with Crippen LogP contribution in [0.2, 0.25) is 0 Å². The van der Waals surface area contributed by atoms with Crippen LogP contribution in [0.5, 0.6) is 0 Å². The second kappa shape index (κ2) is 10.6. The number of imide groups is 2. The Bertz CT molecular complexity index is 1180. The number of benzene rings is 1. The summed E-state index contributed by atoms with van der Waals surface area (Å²) in [5.74, 6) is -2.13. The lowest BCUT2D eigenvalue weighted by Crippen LogP contribution is -2.54. The molecule has 2 aliphatic heterocycles. The summed E-state index contributed by atoms with van der Waals surface area (Å²) in [6.07, 6.45) is 2.35. The van der Waals surface area contributed by atoms with Crippen molar-refractivity contribution >= 4 is 51.7 Å². The highest BCUT2D eigenvalue weighted by atomic mass is 32.1. The second-order valence-corrected chi connectivity index (χ2v) is 9.03. The minimum atomic E-state index is -0.997. The Morgan fingerprint density at radius 3 is 2.74 bits per heavy atom. The van der Waals surface area contributed by atoms with Crippen molar-refractivity contribution in [2.45, 2.75) is 45.1 Å². The molecule has 0 aliphatic carbocycles. The molecule has 1 aromatic carbocycles. The lowest BCUT2D eigenvalue weighted by molar-refractivity contribution is -0.136. The minimum absolute atomic E-state index is 0.0744. The van der Waals surface area contributed by atoms with E-state index in [9.17, 15) is 24.0 Å². The molecule has 35 heavy (non-hydrogen) atoms. The van der Waals surface area contributed by atoms with Crippen molar-refractivity contribution in [1.29, 1.82) is 0 Å². The van der Waals surface area contributed by atoms with Gasteiger partial charge in [0, 0.05) is 25.2 Å². The third kappa shape index (κ3) is 5.16. The zero-order chi connectivity index (χ0) is 24.9. The average Bonchev–Trinajstić information content (AvgIpc) is 3.38. The fraction of sp³-hybridized carbons (Fsp3) is 0.391. The third-order valence-electron chi connectivity index (χ3n) is 5.88. The Balaban J connectivity index is 1.27. The molecule has 12 heteroatoms. The molecule has 0 radical (unpaired) electrons. The molecule has 0 spiro atoms. The molecule has 1 fully saturated rings. The molecule has 1 atom stereocenters. The van der Waals surface area contributed by atoms with Crippen molar-refractivity contribution in [3.05, 3.63) is 40.5 Å². The van der Waals surface area contributed by atoms with Gasteiger partial charge in [0.2, 0.25) is 11.8 Å². The lowest BCUT2D eigenvalue weighted by atomic mass is 10.0. The Morgan fingerprint density at radius 2 is 1.97 bits per heavy atom. The summed E-state index contributed by atoms with van der Waals surface area (Å²) in [4.78, 5) is 66.8. The number of nitrogens with zero attached hydrogens (tertiary/aromatic N) is 2. The highest BCUT2D eigenvalue weighted by Crippen LogP contribution is 2.32. The van der Waals surface area contributed by atoms with Crippen LogP contribution in [-0.2, 0) is 16.0 Å². The molecule has 6 amide bonds. The van der Waals surface area contributed by atoms with E-state index in [0.717, 1.165) is 22.0 Å². The van der Waals surface area contributed by atoms with E-state index in [1.807, 2.05) is 6.92 Å². The number of rotatable bonds is 9. The monoisotopic (exact) mass is 498 g/mol. The molecule has 1 saturated heterocycles. The number of hydrogen-bond acceptors (Lipinski definition) is 8. The first kappa shape index (κ1) is 24.3. The number of aryl methyl sites for hydroxylation is 1. The van der Waals surface area contributed by atoms with Gasteiger partial charge in [-0.2, -0.15) is 0 Å². The quantitative estimate of drug-likeness (QED) is 0.305. The number of urea groups is 1. The topological polar surface area (TPSA) is 150 Å². The molecule has 1 unspecified atom stereocenters. The number of aromatic nitrogens is 1. The van der Waals surface area contributed by atoms with Crippen LogP contribution >= 0.6 is 11.3 Å². The van der Waals surface area contributed by atoms with E-state index >= 15 is 0 Å². The maximum atomic E-state index is 13.1. The van der Waals surface area contributed by atoms with Crippen molar-refractivity contribution in [2.75, 3.05) is 23.7 Å². The van der Waals surface area contributed by atoms with E-state index in [0.29, 0.717) is 31.6 Å². The number of thiazole rings is 1. The maximum absolute atomic E-state index is 13.1. The zero-order valence-corrected chi connectivity index (χ0v) is 20.0. The van der Waals surface area contributed by atoms with Crippen LogP contribution in [0.15, 0.2) is 23.7 Å². The van der Waals surface area contributed by atoms with Gasteiger partial charge in [0.1, 0.15) is 11.0 Å². The van der Waals surface area contributed by atoms with Crippen LogP contribution < -0.4 is 21.3 Å². The van der Waals surface area contributed by atoms with E-state index in [2.05, 4.69) is 26.3 Å². The number of carbonyl (C=O) groups is 5. The number of piperidine rings is 1. The van der Waals surface area contributed by atoms with Crippen LogP contribution in [0.3, 0.4) is 0 Å². The third-order valence-corrected chi connectivity index (χ3v) is 6.66. The molecule has 4 N–H and O–H groups in total. The largest absolute Gasteiger partial charge is 0.384 e. The van der Waals surface area contributed by atoms with Crippen molar-refractivity contribution < 1.29 is 24.0 Å². The molecular formula is C23H26N6O5S. The molecule has 1 aromatic heterocycles. The first-order valence-electron chi connectivity index (χ1n) is 11.5. The molecule has 3 heterocycles. The van der Waals surface area contributed by atoms with E-state index in [4.69, 9.17) is 0 Å². The van der Waals surface area contributed by atoms with Gasteiger partial charge in [0.05, 0.1) is 22.3 Å². The fourth-order valence-corrected chi connectivity index (χ4v) is 4.88. The van der Waals surface area contributed by atoms with Crippen LogP contribution in [-0.4, -0.2) is 58.7 Å². The van der Waals surface area contributed by atoms with Crippen LogP contribution in [0.4, 0.5) is 15.5 Å². The van der Waals surface area contributed by atoms with Gasteiger partial charge in [-0.1, -0.05) is 13.0 Å². The minimum Gasteiger partial charge on any atom is -0.384 e. The molecule has 184 valence electrons. The Hall–Kier alpha value is -3.80. The highest BCUT2D eigenvalue weighted by molar-refractivity contribution is 7.14. The number of fused-ring (bicyclic) bond motifs is 1. The highest BCUT2D eigenvalue weighted by Gasteiger charge is 2.45. The number of unbranched alkanes of at least 4 members (excludes halogenated alkanes) is 1. The number of amides is 6. The van der Waals surface area contributed by atoms with Crippen molar-refractivity contribution in [3.63, 3.8) is 0 Å². The van der Waals surface area contributed by atoms with Gasteiger partial charge in [-0.05, 0) is 37.8 Å². The molecule has 2 aliphatic rings. The standard InChI is InChI=1S/C23H26N6O5S/c1-2-14-20(35-12-26-14)28-23(34)25-11-4-3-10-24-15-7-5-6-13-18(15)22(33)29(21(13)32)16-8-9-17(30)27-19(16)31/h5-7,12,16,24H,2-4,8-11H2,1H3,(H2,25,28,34)(H,27,30,31). The van der Waals surface area contributed by atoms with Crippen molar-refractivity contribution in [3.8, 4) is 0 Å². The smallest absolute Gasteiger partial charge is 0.319 e. The molecule has 0 saturated carbocycles. The van der Waals surface area contributed by atoms with Crippen LogP contribution in [0.25, 0.3) is 0 Å². The van der Waals surface area contributed by atoms with E-state index in [-0.39, 0.29) is 30.0 Å². The summed E-state index contributed by atoms with van der Waals surface area (Å²) < 4.78 is 0. The lowest BCUT2D eigenvalue weighted by Gasteiger charge is -2.27. The van der Waals surface area contributed by atoms with E-state index in [1.54, 1.807) is 23.7 Å². The van der Waals surface area contributed by atoms with Gasteiger partial charge < -0.3 is 10.6 Å². The van der Waals surface area contributed by atoms with Gasteiger partial charge >= 0.3 is 6.03 Å². The summed E-state index contributed by atoms with van der Waals surface area (Å²) in [6, 6.07) is 3.67. The fourth-order valence-electron chi connectivity index (χ4n) is 4.11. The summed E-state index contributed by atoms with van der Waals surface area (Å²) in [5, 5.41) is 11.7. The molecule has 2 aromatic rings. The second-order valence-electron chi connectivity index (χ2n) is 8.17. The van der Waals surface area contributed by atoms with Gasteiger partial charge in [0.25, 0.3) is 11.8 Å². The van der Waals surface area contributed by atoms with Gasteiger partial charge in [-0.3, -0.25) is 34.7 Å². The normalized spacial score (nSPS) is 17.3. The zero-order valence-electron chi connectivity index (χ0n) is 19.2. The summed E-state index contributed by atoms with van der Waals surface area (Å²) >= 11 is 1.38. The Morgan fingerprint density at radius 1 is 1.17 bits per heavy atom. The first-order chi connectivity index (χ1) is 16.9. The van der Waals surface area contributed by atoms with Crippen LogP contribution in [0, 0.1) is 0 Å². The molecule has 0 bridgehead atoms. The number of carbonyl (C=O) groups excluding carboxylic acids is 5. The molecule has 11 nitrogen and oxygen atoms in total. The summed E-state index contributed by atoms with van der Waals surface area (Å²) in [7, 11) is 0. The summed E-state index contributed by atoms with van der Waals surface area (Å²) in [6.45, 7) is 2.97. The predicted octanol–water partition coefficient (Wildman–Crippen LogP) is 2.12. The molecular weight excluding hydrogens is 472 g/mol. The van der Waals surface area contributed by atoms with E-state index < -0.39 is 29.7 Å². The van der Waals surface area contributed by atoms with Crippen molar-refractivity contribution in [1.82, 2.24) is 20.5 Å². The Labute approximate surface area is 205 Å². The number of anilines is 2. The van der Waals surface area contributed by atoms with Gasteiger partial charge in [-0.25, -0.2) is 9.78 Å². The number of hydrogen-bond donors (Lipinski definition) is 4. The molecule has 4 rings (SSSR count). The maximum Gasteiger partial charge on any atom is 0.319 e. The van der Waals surface area contributed by atoms with E-state index in [1.165, 1.54) is 11.3 Å². The average molecular weight is 499 g/mol. The Kier molecular flexibility index (Phi) is 7.39. The summed E-state index contributed by atoms with van der Waals surface area (Å²) in [5.41, 5.74) is 3.53. The predicted molar refractivity (Wildman–Crippen MR) is 129 cm³/mol. The van der Waals surface area contributed by atoms with Gasteiger partial charge in [-0.15, -0.1) is 11.3 Å². The SMILES string of the molecule is CCc1ncsc1NC(=O)NCCCCNc1cccc2c1C(=O)N(C1CCC(=O)NC1=O)C2=O. The van der Waals surface area contributed by atoms with Gasteiger partial charge in [0.15, 0.2) is 0 Å². The number of nitrogens with one attached hydrogen (secondary N) is 4. The van der Waals surface area contributed by atoms with Crippen LogP contribution in [0.1, 0.15) is 59.0 Å². The van der Waals surface area contributed by atoms with Crippen molar-refractivity contribution in [2.24, 2.45) is 0 Å².